The Morgan fingerprint density at radius 3 is 2.42 bits per heavy atom. The summed E-state index contributed by atoms with van der Waals surface area (Å²) in [7, 11) is 0. The molecular formula is C17H13Cl4N3O2. The minimum absolute atomic E-state index is 0.0295. The second-order valence-corrected chi connectivity index (χ2v) is 6.74. The number of halogens is 4. The number of rotatable bonds is 6. The van der Waals surface area contributed by atoms with Gasteiger partial charge in [0.2, 0.25) is 11.8 Å². The number of hydrogen-bond acceptors (Lipinski definition) is 3. The van der Waals surface area contributed by atoms with Crippen LogP contribution in [0, 0.1) is 0 Å². The molecule has 0 aliphatic carbocycles. The van der Waals surface area contributed by atoms with E-state index in [0.717, 1.165) is 0 Å². The van der Waals surface area contributed by atoms with Gasteiger partial charge in [0.25, 0.3) is 0 Å². The Kier molecular flexibility index (Phi) is 7.72. The van der Waals surface area contributed by atoms with Crippen molar-refractivity contribution in [3.8, 4) is 0 Å². The number of anilines is 1. The fourth-order valence-corrected chi connectivity index (χ4v) is 2.69. The average molecular weight is 433 g/mol. The van der Waals surface area contributed by atoms with Gasteiger partial charge < -0.3 is 5.32 Å². The van der Waals surface area contributed by atoms with Gasteiger partial charge in [-0.2, -0.15) is 5.10 Å². The second-order valence-electron chi connectivity index (χ2n) is 5.11. The minimum atomic E-state index is -0.420. The van der Waals surface area contributed by atoms with E-state index >= 15 is 0 Å². The van der Waals surface area contributed by atoms with Crippen LogP contribution in [0.25, 0.3) is 0 Å². The van der Waals surface area contributed by atoms with E-state index in [9.17, 15) is 9.59 Å². The fraction of sp³-hybridized carbons (Fsp3) is 0.118. The zero-order chi connectivity index (χ0) is 19.1. The Bertz CT molecular complexity index is 856. The molecule has 0 radical (unpaired) electrons. The Morgan fingerprint density at radius 2 is 1.69 bits per heavy atom. The number of carbonyl (C=O) groups is 2. The number of nitrogens with zero attached hydrogens (tertiary/aromatic N) is 1. The van der Waals surface area contributed by atoms with Crippen LogP contribution in [0.1, 0.15) is 18.4 Å². The molecule has 0 atom stereocenters. The largest absolute Gasteiger partial charge is 0.325 e. The number of benzene rings is 2. The van der Waals surface area contributed by atoms with Crippen LogP contribution >= 0.6 is 46.4 Å². The highest BCUT2D eigenvalue weighted by Crippen LogP contribution is 2.25. The Balaban J connectivity index is 1.80. The zero-order valence-electron chi connectivity index (χ0n) is 13.2. The number of amides is 2. The van der Waals surface area contributed by atoms with Crippen molar-refractivity contribution in [3.05, 3.63) is 62.1 Å². The molecule has 2 N–H and O–H groups in total. The maximum absolute atomic E-state index is 11.9. The first-order chi connectivity index (χ1) is 12.4. The van der Waals surface area contributed by atoms with E-state index in [1.54, 1.807) is 30.3 Å². The maximum atomic E-state index is 11.9. The van der Waals surface area contributed by atoms with E-state index in [0.29, 0.717) is 31.3 Å². The number of hydrogen-bond donors (Lipinski definition) is 2. The van der Waals surface area contributed by atoms with Crippen molar-refractivity contribution >= 4 is 70.1 Å². The number of hydrazone groups is 1. The van der Waals surface area contributed by atoms with Crippen LogP contribution in [0.2, 0.25) is 20.1 Å². The van der Waals surface area contributed by atoms with Gasteiger partial charge in [0.05, 0.1) is 27.0 Å². The first-order valence-corrected chi connectivity index (χ1v) is 8.89. The van der Waals surface area contributed by atoms with Gasteiger partial charge in [-0.05, 0) is 24.3 Å². The molecule has 0 bridgehead atoms. The van der Waals surface area contributed by atoms with E-state index in [-0.39, 0.29) is 18.7 Å². The summed E-state index contributed by atoms with van der Waals surface area (Å²) in [5, 5.41) is 7.91. The molecule has 0 aromatic heterocycles. The highest BCUT2D eigenvalue weighted by molar-refractivity contribution is 6.43. The third-order valence-electron chi connectivity index (χ3n) is 3.16. The van der Waals surface area contributed by atoms with Crippen molar-refractivity contribution < 1.29 is 9.59 Å². The van der Waals surface area contributed by atoms with Crippen molar-refractivity contribution in [2.75, 3.05) is 5.32 Å². The van der Waals surface area contributed by atoms with Crippen LogP contribution in [-0.2, 0) is 9.59 Å². The van der Waals surface area contributed by atoms with E-state index in [1.165, 1.54) is 12.3 Å². The molecule has 26 heavy (non-hydrogen) atoms. The van der Waals surface area contributed by atoms with Gasteiger partial charge in [0.1, 0.15) is 0 Å². The van der Waals surface area contributed by atoms with E-state index < -0.39 is 5.91 Å². The summed E-state index contributed by atoms with van der Waals surface area (Å²) in [6.45, 7) is 0. The predicted octanol–water partition coefficient (Wildman–Crippen LogP) is 5.17. The van der Waals surface area contributed by atoms with E-state index in [2.05, 4.69) is 15.8 Å². The standard InChI is InChI=1S/C17H13Cl4N3O2/c18-11-4-5-14(13(20)8-11)23-15(25)6-7-16(26)24-22-9-10-2-1-3-12(19)17(10)21/h1-5,8-9H,6-7H2,(H,23,25)(H,24,26)/b22-9+. The molecular weight excluding hydrogens is 420 g/mol. The lowest BCUT2D eigenvalue weighted by atomic mass is 10.2. The number of nitrogens with one attached hydrogen (secondary N) is 2. The third-order valence-corrected chi connectivity index (χ3v) is 4.54. The van der Waals surface area contributed by atoms with Crippen LogP contribution in [0.5, 0.6) is 0 Å². The number of carbonyl (C=O) groups excluding carboxylic acids is 2. The highest BCUT2D eigenvalue weighted by atomic mass is 35.5. The SMILES string of the molecule is O=C(CCC(=O)Nc1ccc(Cl)cc1Cl)N/N=C/c1cccc(Cl)c1Cl. The molecule has 0 saturated heterocycles. The predicted molar refractivity (Wildman–Crippen MR) is 107 cm³/mol. The van der Waals surface area contributed by atoms with Crippen LogP contribution in [0.4, 0.5) is 5.69 Å². The molecule has 2 amide bonds. The van der Waals surface area contributed by atoms with Gasteiger partial charge in [0, 0.05) is 23.4 Å². The van der Waals surface area contributed by atoms with Crippen LogP contribution in [0.3, 0.4) is 0 Å². The van der Waals surface area contributed by atoms with Crippen molar-refractivity contribution in [1.82, 2.24) is 5.43 Å². The average Bonchev–Trinajstić information content (AvgIpc) is 2.59. The molecule has 5 nitrogen and oxygen atoms in total. The summed E-state index contributed by atoms with van der Waals surface area (Å²) in [5.41, 5.74) is 3.31. The Hall–Kier alpha value is -1.79. The topological polar surface area (TPSA) is 70.6 Å². The minimum Gasteiger partial charge on any atom is -0.325 e. The monoisotopic (exact) mass is 431 g/mol. The third kappa shape index (κ3) is 6.18. The Labute approximate surface area is 170 Å². The molecule has 0 heterocycles. The van der Waals surface area contributed by atoms with E-state index in [1.807, 2.05) is 0 Å². The maximum Gasteiger partial charge on any atom is 0.240 e. The molecule has 0 aliphatic heterocycles. The first kappa shape index (κ1) is 20.5. The quantitative estimate of drug-likeness (QED) is 0.488. The smallest absolute Gasteiger partial charge is 0.240 e. The molecule has 136 valence electrons. The molecule has 0 fully saturated rings. The normalized spacial score (nSPS) is 10.8. The van der Waals surface area contributed by atoms with Crippen LogP contribution in [-0.4, -0.2) is 18.0 Å². The summed E-state index contributed by atoms with van der Waals surface area (Å²) in [4.78, 5) is 23.6. The molecule has 9 heteroatoms. The lowest BCUT2D eigenvalue weighted by Crippen LogP contribution is -2.20. The summed E-state index contributed by atoms with van der Waals surface area (Å²) in [6, 6.07) is 9.76. The first-order valence-electron chi connectivity index (χ1n) is 7.37. The molecule has 0 aliphatic rings. The van der Waals surface area contributed by atoms with Crippen molar-refractivity contribution in [1.29, 1.82) is 0 Å². The molecule has 0 saturated carbocycles. The molecule has 2 aromatic rings. The summed E-state index contributed by atoms with van der Waals surface area (Å²) < 4.78 is 0. The fourth-order valence-electron chi connectivity index (χ4n) is 1.88. The summed E-state index contributed by atoms with van der Waals surface area (Å²) >= 11 is 23.6. The van der Waals surface area contributed by atoms with Crippen LogP contribution < -0.4 is 10.7 Å². The lowest BCUT2D eigenvalue weighted by Gasteiger charge is -2.07. The summed E-state index contributed by atoms with van der Waals surface area (Å²) in [5.74, 6) is -0.775. The molecule has 2 rings (SSSR count). The van der Waals surface area contributed by atoms with Crippen molar-refractivity contribution in [3.63, 3.8) is 0 Å². The molecule has 0 unspecified atom stereocenters. The van der Waals surface area contributed by atoms with Crippen LogP contribution in [0.15, 0.2) is 41.5 Å². The van der Waals surface area contributed by atoms with Gasteiger partial charge in [-0.1, -0.05) is 58.5 Å². The van der Waals surface area contributed by atoms with Crippen molar-refractivity contribution in [2.24, 2.45) is 5.10 Å². The van der Waals surface area contributed by atoms with Gasteiger partial charge in [-0.25, -0.2) is 5.43 Å². The zero-order valence-corrected chi connectivity index (χ0v) is 16.3. The van der Waals surface area contributed by atoms with Gasteiger partial charge in [-0.3, -0.25) is 9.59 Å². The lowest BCUT2D eigenvalue weighted by molar-refractivity contribution is -0.124. The molecule has 2 aromatic carbocycles. The van der Waals surface area contributed by atoms with Gasteiger partial charge >= 0.3 is 0 Å². The van der Waals surface area contributed by atoms with Gasteiger partial charge in [-0.15, -0.1) is 0 Å². The highest BCUT2D eigenvalue weighted by Gasteiger charge is 2.09. The Morgan fingerprint density at radius 1 is 0.962 bits per heavy atom. The molecule has 0 spiro atoms. The van der Waals surface area contributed by atoms with Gasteiger partial charge in [0.15, 0.2) is 0 Å². The van der Waals surface area contributed by atoms with Crippen molar-refractivity contribution in [2.45, 2.75) is 12.8 Å². The summed E-state index contributed by atoms with van der Waals surface area (Å²) in [6.07, 6.45) is 1.30. The van der Waals surface area contributed by atoms with E-state index in [4.69, 9.17) is 46.4 Å². The second kappa shape index (κ2) is 9.78.